The van der Waals surface area contributed by atoms with E-state index in [1.807, 2.05) is 6.92 Å². The van der Waals surface area contributed by atoms with Crippen LogP contribution in [0.5, 0.6) is 0 Å². The molecular formula is C23H27ClFN. The highest BCUT2D eigenvalue weighted by Gasteiger charge is 2.14. The molecule has 0 saturated carbocycles. The number of anilines is 1. The molecule has 0 aliphatic heterocycles. The molecule has 0 aliphatic carbocycles. The predicted octanol–water partition coefficient (Wildman–Crippen LogP) is 7.04. The van der Waals surface area contributed by atoms with Crippen LogP contribution in [0.3, 0.4) is 0 Å². The van der Waals surface area contributed by atoms with Crippen molar-refractivity contribution in [2.45, 2.75) is 40.5 Å². The van der Waals surface area contributed by atoms with E-state index in [1.54, 1.807) is 18.2 Å². The van der Waals surface area contributed by atoms with Crippen molar-refractivity contribution < 1.29 is 4.39 Å². The van der Waals surface area contributed by atoms with Gasteiger partial charge >= 0.3 is 0 Å². The maximum Gasteiger partial charge on any atom is 0.145 e. The molecule has 0 fully saturated rings. The van der Waals surface area contributed by atoms with Crippen LogP contribution in [0.15, 0.2) is 48.6 Å². The van der Waals surface area contributed by atoms with E-state index in [0.717, 1.165) is 40.9 Å². The van der Waals surface area contributed by atoms with Crippen molar-refractivity contribution >= 4 is 22.9 Å². The van der Waals surface area contributed by atoms with Gasteiger partial charge in [-0.1, -0.05) is 43.3 Å². The van der Waals surface area contributed by atoms with Crippen molar-refractivity contribution in [2.24, 2.45) is 0 Å². The lowest BCUT2D eigenvalue weighted by Gasteiger charge is -2.19. The fourth-order valence-electron chi connectivity index (χ4n) is 3.05. The van der Waals surface area contributed by atoms with E-state index in [2.05, 4.69) is 50.9 Å². The second-order valence-corrected chi connectivity index (χ2v) is 6.80. The van der Waals surface area contributed by atoms with Crippen molar-refractivity contribution in [1.82, 2.24) is 0 Å². The zero-order valence-corrected chi connectivity index (χ0v) is 16.8. The summed E-state index contributed by atoms with van der Waals surface area (Å²) in [5.41, 5.74) is 7.18. The zero-order valence-electron chi connectivity index (χ0n) is 16.0. The summed E-state index contributed by atoms with van der Waals surface area (Å²) in [6.45, 7) is 13.4. The Kier molecular flexibility index (Phi) is 7.05. The van der Waals surface area contributed by atoms with Crippen LogP contribution in [-0.2, 0) is 12.8 Å². The standard InChI is InChI=1S/C23H27ClFN/c1-6-15(4)16(5)20-13-19(17(7-2)14-22(20)26-8-3)12-18-10-9-11-21(24)23(18)25/h6,9-11,13-14,26H,5,7-8,12H2,1-4H3/b15-6-. The molecule has 0 spiro atoms. The minimum Gasteiger partial charge on any atom is -0.385 e. The van der Waals surface area contributed by atoms with Crippen LogP contribution in [0, 0.1) is 5.82 Å². The lowest BCUT2D eigenvalue weighted by Crippen LogP contribution is -2.05. The third kappa shape index (κ3) is 4.37. The monoisotopic (exact) mass is 371 g/mol. The molecule has 138 valence electrons. The maximum atomic E-state index is 14.4. The summed E-state index contributed by atoms with van der Waals surface area (Å²) >= 11 is 5.96. The largest absolute Gasteiger partial charge is 0.385 e. The molecule has 0 radical (unpaired) electrons. The quantitative estimate of drug-likeness (QED) is 0.514. The maximum absolute atomic E-state index is 14.4. The second-order valence-electron chi connectivity index (χ2n) is 6.39. The van der Waals surface area contributed by atoms with Crippen LogP contribution in [0.2, 0.25) is 5.02 Å². The van der Waals surface area contributed by atoms with Crippen LogP contribution < -0.4 is 5.32 Å². The number of rotatable bonds is 7. The summed E-state index contributed by atoms with van der Waals surface area (Å²) in [5, 5.41) is 3.60. The molecule has 0 bridgehead atoms. The molecule has 1 N–H and O–H groups in total. The van der Waals surface area contributed by atoms with Crippen molar-refractivity contribution in [3.8, 4) is 0 Å². The molecule has 2 aromatic carbocycles. The lowest BCUT2D eigenvalue weighted by atomic mass is 9.90. The molecule has 1 nitrogen and oxygen atoms in total. The van der Waals surface area contributed by atoms with E-state index >= 15 is 0 Å². The first kappa shape index (κ1) is 20.3. The molecule has 0 aliphatic rings. The fourth-order valence-corrected chi connectivity index (χ4v) is 3.24. The average molecular weight is 372 g/mol. The van der Waals surface area contributed by atoms with Gasteiger partial charge in [0.1, 0.15) is 5.82 Å². The fraction of sp³-hybridized carbons (Fsp3) is 0.304. The van der Waals surface area contributed by atoms with Crippen molar-refractivity contribution in [1.29, 1.82) is 0 Å². The lowest BCUT2D eigenvalue weighted by molar-refractivity contribution is 0.614. The van der Waals surface area contributed by atoms with E-state index in [-0.39, 0.29) is 10.8 Å². The van der Waals surface area contributed by atoms with E-state index in [1.165, 1.54) is 5.56 Å². The molecule has 2 aromatic rings. The zero-order chi connectivity index (χ0) is 19.3. The highest BCUT2D eigenvalue weighted by Crippen LogP contribution is 2.33. The van der Waals surface area contributed by atoms with Gasteiger partial charge in [0, 0.05) is 24.2 Å². The van der Waals surface area contributed by atoms with Gasteiger partial charge in [0.05, 0.1) is 5.02 Å². The first-order valence-corrected chi connectivity index (χ1v) is 9.45. The highest BCUT2D eigenvalue weighted by molar-refractivity contribution is 6.30. The Morgan fingerprint density at radius 1 is 1.19 bits per heavy atom. The summed E-state index contributed by atoms with van der Waals surface area (Å²) in [6.07, 6.45) is 3.45. The number of halogens is 2. The van der Waals surface area contributed by atoms with E-state index in [9.17, 15) is 4.39 Å². The molecule has 0 unspecified atom stereocenters. The Hall–Kier alpha value is -2.06. The first-order valence-electron chi connectivity index (χ1n) is 9.07. The van der Waals surface area contributed by atoms with Gasteiger partial charge in [-0.15, -0.1) is 0 Å². The van der Waals surface area contributed by atoms with Crippen molar-refractivity contribution in [2.75, 3.05) is 11.9 Å². The van der Waals surface area contributed by atoms with Crippen molar-refractivity contribution in [3.05, 3.63) is 81.7 Å². The van der Waals surface area contributed by atoms with Crippen LogP contribution >= 0.6 is 11.6 Å². The van der Waals surface area contributed by atoms with E-state index in [4.69, 9.17) is 11.6 Å². The van der Waals surface area contributed by atoms with Gasteiger partial charge in [0.2, 0.25) is 0 Å². The van der Waals surface area contributed by atoms with E-state index < -0.39 is 0 Å². The highest BCUT2D eigenvalue weighted by atomic mass is 35.5. The van der Waals surface area contributed by atoms with Gasteiger partial charge in [0.25, 0.3) is 0 Å². The Labute approximate surface area is 161 Å². The van der Waals surface area contributed by atoms with Gasteiger partial charge in [-0.3, -0.25) is 0 Å². The average Bonchev–Trinajstić information content (AvgIpc) is 2.65. The Morgan fingerprint density at radius 2 is 1.92 bits per heavy atom. The van der Waals surface area contributed by atoms with Crippen LogP contribution in [-0.4, -0.2) is 6.54 Å². The molecule has 0 atom stereocenters. The second kappa shape index (κ2) is 9.05. The van der Waals surface area contributed by atoms with Gasteiger partial charge in [-0.25, -0.2) is 4.39 Å². The van der Waals surface area contributed by atoms with E-state index in [0.29, 0.717) is 12.0 Å². The third-order valence-corrected chi connectivity index (χ3v) is 5.03. The van der Waals surface area contributed by atoms with Gasteiger partial charge < -0.3 is 5.32 Å². The molecule has 3 heteroatoms. The Balaban J connectivity index is 2.57. The normalized spacial score (nSPS) is 11.5. The van der Waals surface area contributed by atoms with Crippen LogP contribution in [0.25, 0.3) is 5.57 Å². The molecule has 26 heavy (non-hydrogen) atoms. The van der Waals surface area contributed by atoms with Crippen LogP contribution in [0.1, 0.15) is 49.9 Å². The minimum atomic E-state index is -0.336. The third-order valence-electron chi connectivity index (χ3n) is 4.73. The topological polar surface area (TPSA) is 12.0 Å². The number of nitrogens with one attached hydrogen (secondary N) is 1. The molecule has 2 rings (SSSR count). The number of aryl methyl sites for hydroxylation is 1. The predicted molar refractivity (Wildman–Crippen MR) is 113 cm³/mol. The smallest absolute Gasteiger partial charge is 0.145 e. The molecule has 0 aromatic heterocycles. The Morgan fingerprint density at radius 3 is 2.54 bits per heavy atom. The summed E-state index contributed by atoms with van der Waals surface area (Å²) in [7, 11) is 0. The molecule has 0 heterocycles. The molecule has 0 saturated heterocycles. The summed E-state index contributed by atoms with van der Waals surface area (Å²) in [4.78, 5) is 0. The van der Waals surface area contributed by atoms with Crippen LogP contribution in [0.4, 0.5) is 10.1 Å². The summed E-state index contributed by atoms with van der Waals surface area (Å²) in [6, 6.07) is 9.49. The number of hydrogen-bond acceptors (Lipinski definition) is 1. The Bertz CT molecular complexity index is 836. The SMILES string of the molecule is C=C(/C(C)=C\C)c1cc(Cc2cccc(Cl)c2F)c(CC)cc1NCC. The molecule has 0 amide bonds. The van der Waals surface area contributed by atoms with Gasteiger partial charge in [-0.2, -0.15) is 0 Å². The first-order chi connectivity index (χ1) is 12.4. The number of allylic oxidation sites excluding steroid dienone is 3. The minimum absolute atomic E-state index is 0.166. The number of hydrogen-bond donors (Lipinski definition) is 1. The molecular weight excluding hydrogens is 345 g/mol. The van der Waals surface area contributed by atoms with Crippen molar-refractivity contribution in [3.63, 3.8) is 0 Å². The van der Waals surface area contributed by atoms with Gasteiger partial charge in [0.15, 0.2) is 0 Å². The summed E-state index contributed by atoms with van der Waals surface area (Å²) in [5.74, 6) is -0.336. The number of benzene rings is 2. The van der Waals surface area contributed by atoms with Gasteiger partial charge in [-0.05, 0) is 73.2 Å². The summed E-state index contributed by atoms with van der Waals surface area (Å²) < 4.78 is 14.4.